The van der Waals surface area contributed by atoms with Gasteiger partial charge in [0.25, 0.3) is 0 Å². The molecule has 1 aliphatic rings. The Hall–Kier alpha value is -1.75. The number of hydrogen-bond donors (Lipinski definition) is 2. The molecule has 0 saturated carbocycles. The molecule has 1 unspecified atom stereocenters. The number of aliphatic imine (C=N–C) groups is 1. The quantitative estimate of drug-likeness (QED) is 0.202. The Morgan fingerprint density at radius 2 is 2.17 bits per heavy atom. The van der Waals surface area contributed by atoms with Gasteiger partial charge in [0, 0.05) is 38.3 Å². The first-order valence-corrected chi connectivity index (χ1v) is 10.9. The summed E-state index contributed by atoms with van der Waals surface area (Å²) in [6.45, 7) is 16.1. The van der Waals surface area contributed by atoms with E-state index < -0.39 is 0 Å². The number of rotatable bonds is 13. The van der Waals surface area contributed by atoms with Crippen molar-refractivity contribution >= 4 is 6.72 Å². The molecule has 0 heterocycles. The molecule has 0 saturated heterocycles. The van der Waals surface area contributed by atoms with E-state index in [9.17, 15) is 5.11 Å². The monoisotopic (exact) mass is 399 g/mol. The summed E-state index contributed by atoms with van der Waals surface area (Å²) in [4.78, 5) is 6.46. The molecule has 162 valence electrons. The Kier molecular flexibility index (Phi) is 13.2. The van der Waals surface area contributed by atoms with Crippen LogP contribution in [0.25, 0.3) is 0 Å². The van der Waals surface area contributed by atoms with Crippen LogP contribution in [-0.2, 0) is 0 Å². The second-order valence-corrected chi connectivity index (χ2v) is 7.66. The third-order valence-electron chi connectivity index (χ3n) is 5.32. The molecule has 0 aromatic heterocycles. The first-order valence-electron chi connectivity index (χ1n) is 10.9. The minimum Gasteiger partial charge on any atom is -0.390 e. The van der Waals surface area contributed by atoms with E-state index >= 15 is 0 Å². The van der Waals surface area contributed by atoms with E-state index in [0.29, 0.717) is 13.1 Å². The van der Waals surface area contributed by atoms with Gasteiger partial charge in [0.2, 0.25) is 0 Å². The summed E-state index contributed by atoms with van der Waals surface area (Å²) in [5.41, 5.74) is 5.04. The Balaban J connectivity index is 2.40. The average molecular weight is 400 g/mol. The molecule has 0 spiro atoms. The van der Waals surface area contributed by atoms with Gasteiger partial charge in [-0.15, -0.1) is 0 Å². The number of aliphatic hydroxyl groups excluding tert-OH is 1. The fourth-order valence-corrected chi connectivity index (χ4v) is 3.46. The molecule has 1 atom stereocenters. The van der Waals surface area contributed by atoms with Crippen molar-refractivity contribution in [3.63, 3.8) is 0 Å². The van der Waals surface area contributed by atoms with E-state index in [1.54, 1.807) is 0 Å². The molecule has 4 heteroatoms. The van der Waals surface area contributed by atoms with Crippen LogP contribution in [-0.4, -0.2) is 55.6 Å². The van der Waals surface area contributed by atoms with E-state index in [4.69, 9.17) is 0 Å². The molecule has 0 amide bonds. The SMILES string of the molecule is C=N/C(CCNCC(O)CN(CC)CCC1=C(\C)C/C=C\C/C=C\1)=C(C)\C=C/C. The van der Waals surface area contributed by atoms with Crippen molar-refractivity contribution in [1.82, 2.24) is 10.2 Å². The average Bonchev–Trinajstić information content (AvgIpc) is 2.69. The largest absolute Gasteiger partial charge is 0.390 e. The fraction of sp³-hybridized carbons (Fsp3) is 0.560. The van der Waals surface area contributed by atoms with E-state index in [2.05, 4.69) is 73.1 Å². The Bertz CT molecular complexity index is 640. The number of nitrogens with one attached hydrogen (secondary N) is 1. The molecule has 0 radical (unpaired) electrons. The Morgan fingerprint density at radius 3 is 2.86 bits per heavy atom. The molecule has 4 nitrogen and oxygen atoms in total. The van der Waals surface area contributed by atoms with E-state index in [0.717, 1.165) is 56.6 Å². The molecule has 29 heavy (non-hydrogen) atoms. The molecule has 0 fully saturated rings. The number of likely N-dealkylation sites (N-methyl/N-ethyl adjacent to an activating group) is 1. The third-order valence-corrected chi connectivity index (χ3v) is 5.32. The highest BCUT2D eigenvalue weighted by Gasteiger charge is 2.11. The maximum Gasteiger partial charge on any atom is 0.0791 e. The van der Waals surface area contributed by atoms with Crippen LogP contribution in [0.3, 0.4) is 0 Å². The first-order chi connectivity index (χ1) is 14.0. The second-order valence-electron chi connectivity index (χ2n) is 7.66. The summed E-state index contributed by atoms with van der Waals surface area (Å²) >= 11 is 0. The van der Waals surface area contributed by atoms with Crippen molar-refractivity contribution in [2.75, 3.05) is 32.7 Å². The van der Waals surface area contributed by atoms with Crippen LogP contribution in [0.4, 0.5) is 0 Å². The van der Waals surface area contributed by atoms with Crippen LogP contribution in [0.15, 0.2) is 63.9 Å². The zero-order valence-corrected chi connectivity index (χ0v) is 19.0. The van der Waals surface area contributed by atoms with Crippen molar-refractivity contribution in [1.29, 1.82) is 0 Å². The standard InChI is InChI=1S/C25H41N3O/c1-6-12-22(4)25(26-5)15-17-27-19-24(29)20-28(7-2)18-16-23-14-11-9-8-10-13-21(23)3/h6,8,10-12,14,24,27,29H,5,7,9,13,15-20H2,1-4H3/b10-8-,12-6-,14-11-,23-21+,25-22-. The van der Waals surface area contributed by atoms with Crippen molar-refractivity contribution in [3.8, 4) is 0 Å². The summed E-state index contributed by atoms with van der Waals surface area (Å²) in [6.07, 6.45) is 16.6. The molecule has 0 aromatic rings. The van der Waals surface area contributed by atoms with Gasteiger partial charge >= 0.3 is 0 Å². The van der Waals surface area contributed by atoms with Gasteiger partial charge in [0.15, 0.2) is 0 Å². The van der Waals surface area contributed by atoms with Crippen molar-refractivity contribution < 1.29 is 5.11 Å². The van der Waals surface area contributed by atoms with Crippen LogP contribution in [0.5, 0.6) is 0 Å². The second kappa shape index (κ2) is 15.1. The first kappa shape index (κ1) is 25.3. The molecule has 0 aliphatic heterocycles. The van der Waals surface area contributed by atoms with Gasteiger partial charge in [-0.05, 0) is 64.4 Å². The fourth-order valence-electron chi connectivity index (χ4n) is 3.46. The van der Waals surface area contributed by atoms with Gasteiger partial charge < -0.3 is 15.3 Å². The smallest absolute Gasteiger partial charge is 0.0791 e. The van der Waals surface area contributed by atoms with Gasteiger partial charge in [-0.3, -0.25) is 4.99 Å². The maximum absolute atomic E-state index is 10.4. The highest BCUT2D eigenvalue weighted by atomic mass is 16.3. The summed E-state index contributed by atoms with van der Waals surface area (Å²) in [6, 6.07) is 0. The van der Waals surface area contributed by atoms with Crippen LogP contribution in [0.1, 0.15) is 53.4 Å². The molecule has 0 aromatic carbocycles. The van der Waals surface area contributed by atoms with Gasteiger partial charge in [-0.25, -0.2) is 0 Å². The lowest BCUT2D eigenvalue weighted by Gasteiger charge is -2.24. The van der Waals surface area contributed by atoms with Crippen LogP contribution < -0.4 is 5.32 Å². The lowest BCUT2D eigenvalue weighted by Crippen LogP contribution is -2.39. The molecule has 1 aliphatic carbocycles. The lowest BCUT2D eigenvalue weighted by molar-refractivity contribution is 0.115. The molecule has 1 rings (SSSR count). The van der Waals surface area contributed by atoms with Crippen molar-refractivity contribution in [2.24, 2.45) is 4.99 Å². The van der Waals surface area contributed by atoms with Crippen molar-refractivity contribution in [3.05, 3.63) is 58.9 Å². The minimum atomic E-state index is -0.374. The van der Waals surface area contributed by atoms with Crippen LogP contribution in [0.2, 0.25) is 0 Å². The highest BCUT2D eigenvalue weighted by Crippen LogP contribution is 2.18. The minimum absolute atomic E-state index is 0.374. The number of nitrogens with zero attached hydrogens (tertiary/aromatic N) is 2. The van der Waals surface area contributed by atoms with E-state index in [1.807, 2.05) is 13.0 Å². The summed E-state index contributed by atoms with van der Waals surface area (Å²) in [5.74, 6) is 0. The predicted molar refractivity (Wildman–Crippen MR) is 128 cm³/mol. The van der Waals surface area contributed by atoms with Gasteiger partial charge in [0.1, 0.15) is 0 Å². The van der Waals surface area contributed by atoms with Crippen LogP contribution >= 0.6 is 0 Å². The number of hydrogen-bond acceptors (Lipinski definition) is 4. The Morgan fingerprint density at radius 1 is 1.38 bits per heavy atom. The van der Waals surface area contributed by atoms with E-state index in [1.165, 1.54) is 11.1 Å². The van der Waals surface area contributed by atoms with E-state index in [-0.39, 0.29) is 6.10 Å². The number of allylic oxidation sites excluding steroid dienone is 8. The molecule has 0 bridgehead atoms. The van der Waals surface area contributed by atoms with Crippen molar-refractivity contribution in [2.45, 2.75) is 59.5 Å². The molecular weight excluding hydrogens is 358 g/mol. The summed E-state index contributed by atoms with van der Waals surface area (Å²) < 4.78 is 0. The van der Waals surface area contributed by atoms with Gasteiger partial charge in [-0.2, -0.15) is 0 Å². The normalized spacial score (nSPS) is 21.6. The topological polar surface area (TPSA) is 47.9 Å². The maximum atomic E-state index is 10.4. The lowest BCUT2D eigenvalue weighted by atomic mass is 10.00. The van der Waals surface area contributed by atoms with Crippen LogP contribution in [0, 0.1) is 0 Å². The summed E-state index contributed by atoms with van der Waals surface area (Å²) in [5, 5.41) is 13.8. The zero-order valence-electron chi connectivity index (χ0n) is 19.0. The zero-order chi connectivity index (χ0) is 21.5. The molecule has 2 N–H and O–H groups in total. The third kappa shape index (κ3) is 10.6. The number of aliphatic hydroxyl groups is 1. The molecular formula is C25H41N3O. The highest BCUT2D eigenvalue weighted by molar-refractivity contribution is 5.33. The van der Waals surface area contributed by atoms with Gasteiger partial charge in [-0.1, -0.05) is 49.0 Å². The Labute approximate surface area is 178 Å². The van der Waals surface area contributed by atoms with Gasteiger partial charge in [0.05, 0.1) is 6.10 Å². The predicted octanol–water partition coefficient (Wildman–Crippen LogP) is 4.81. The summed E-state index contributed by atoms with van der Waals surface area (Å²) in [7, 11) is 0.